The number of nitrogens with two attached hydrogens (primary N) is 1. The standard InChI is InChI=1S/C10H13N.C6H7N.ClH/c1-2-5-9(6-3-1)10-7-4-8-11-10;7-6-4-2-1-3-5-6;/h1-3,5-6,10-11H,4,7-8H2;1-5H,7H2;1H. The van der Waals surface area contributed by atoms with Gasteiger partial charge in [-0.1, -0.05) is 48.5 Å². The maximum absolute atomic E-state index is 5.36. The molecular weight excluding hydrogens is 256 g/mol. The first-order valence-electron chi connectivity index (χ1n) is 6.45. The molecule has 1 saturated heterocycles. The Morgan fingerprint density at radius 3 is 1.89 bits per heavy atom. The van der Waals surface area contributed by atoms with Gasteiger partial charge in [-0.25, -0.2) is 0 Å². The second kappa shape index (κ2) is 8.57. The predicted octanol–water partition coefficient (Wildman–Crippen LogP) is 3.80. The highest BCUT2D eigenvalue weighted by atomic mass is 35.5. The van der Waals surface area contributed by atoms with E-state index in [0.29, 0.717) is 6.04 Å². The Balaban J connectivity index is 0.000000198. The van der Waals surface area contributed by atoms with Gasteiger partial charge in [0.25, 0.3) is 0 Å². The second-order valence-corrected chi connectivity index (χ2v) is 4.47. The summed E-state index contributed by atoms with van der Waals surface area (Å²) in [6, 6.07) is 20.8. The lowest BCUT2D eigenvalue weighted by molar-refractivity contribution is 0.648. The van der Waals surface area contributed by atoms with E-state index in [1.807, 2.05) is 30.3 Å². The molecule has 3 N–H and O–H groups in total. The Kier molecular flexibility index (Phi) is 7.01. The lowest BCUT2D eigenvalue weighted by Gasteiger charge is -2.08. The van der Waals surface area contributed by atoms with Gasteiger partial charge in [-0.2, -0.15) is 0 Å². The van der Waals surface area contributed by atoms with E-state index in [2.05, 4.69) is 35.6 Å². The van der Waals surface area contributed by atoms with Gasteiger partial charge in [-0.15, -0.1) is 12.4 Å². The average molecular weight is 277 g/mol. The van der Waals surface area contributed by atoms with E-state index in [-0.39, 0.29) is 12.4 Å². The first kappa shape index (κ1) is 15.5. The summed E-state index contributed by atoms with van der Waals surface area (Å²) in [7, 11) is 0. The number of benzene rings is 2. The van der Waals surface area contributed by atoms with E-state index >= 15 is 0 Å². The largest absolute Gasteiger partial charge is 0.399 e. The van der Waals surface area contributed by atoms with Gasteiger partial charge in [0.15, 0.2) is 0 Å². The smallest absolute Gasteiger partial charge is 0.0320 e. The molecule has 3 heteroatoms. The summed E-state index contributed by atoms with van der Waals surface area (Å²) >= 11 is 0. The molecular formula is C16H21ClN2. The molecule has 3 rings (SSSR count). The van der Waals surface area contributed by atoms with E-state index in [1.54, 1.807) is 0 Å². The van der Waals surface area contributed by atoms with Gasteiger partial charge in [0, 0.05) is 11.7 Å². The van der Waals surface area contributed by atoms with E-state index in [0.717, 1.165) is 5.69 Å². The van der Waals surface area contributed by atoms with Crippen molar-refractivity contribution in [2.45, 2.75) is 18.9 Å². The lowest BCUT2D eigenvalue weighted by atomic mass is 10.1. The zero-order chi connectivity index (χ0) is 12.6. The summed E-state index contributed by atoms with van der Waals surface area (Å²) in [5.41, 5.74) is 7.61. The van der Waals surface area contributed by atoms with Gasteiger partial charge in [0.1, 0.15) is 0 Å². The Bertz CT molecular complexity index is 439. The highest BCUT2D eigenvalue weighted by Crippen LogP contribution is 2.21. The van der Waals surface area contributed by atoms with Gasteiger partial charge in [0.05, 0.1) is 0 Å². The predicted molar refractivity (Wildman–Crippen MR) is 84.5 cm³/mol. The Morgan fingerprint density at radius 2 is 1.47 bits per heavy atom. The van der Waals surface area contributed by atoms with E-state index < -0.39 is 0 Å². The highest BCUT2D eigenvalue weighted by molar-refractivity contribution is 5.85. The molecule has 1 aliphatic rings. The SMILES string of the molecule is Cl.Nc1ccccc1.c1ccc(C2CCCN2)cc1. The van der Waals surface area contributed by atoms with Crippen LogP contribution in [-0.2, 0) is 0 Å². The van der Waals surface area contributed by atoms with Crippen molar-refractivity contribution in [3.8, 4) is 0 Å². The fourth-order valence-corrected chi connectivity index (χ4v) is 2.11. The van der Waals surface area contributed by atoms with Gasteiger partial charge in [0.2, 0.25) is 0 Å². The number of para-hydroxylation sites is 1. The van der Waals surface area contributed by atoms with Gasteiger partial charge in [-0.05, 0) is 37.1 Å². The van der Waals surface area contributed by atoms with Crippen molar-refractivity contribution in [2.24, 2.45) is 0 Å². The van der Waals surface area contributed by atoms with Crippen molar-refractivity contribution < 1.29 is 0 Å². The van der Waals surface area contributed by atoms with Crippen LogP contribution in [0.4, 0.5) is 5.69 Å². The second-order valence-electron chi connectivity index (χ2n) is 4.47. The molecule has 102 valence electrons. The van der Waals surface area contributed by atoms with Crippen LogP contribution in [0.3, 0.4) is 0 Å². The first-order chi connectivity index (χ1) is 8.86. The van der Waals surface area contributed by atoms with Gasteiger partial charge >= 0.3 is 0 Å². The molecule has 1 atom stereocenters. The third kappa shape index (κ3) is 5.33. The molecule has 0 saturated carbocycles. The van der Waals surface area contributed by atoms with Crippen molar-refractivity contribution in [1.29, 1.82) is 0 Å². The van der Waals surface area contributed by atoms with E-state index in [1.165, 1.54) is 24.9 Å². The molecule has 0 aromatic heterocycles. The summed E-state index contributed by atoms with van der Waals surface area (Å²) in [5, 5.41) is 3.47. The van der Waals surface area contributed by atoms with E-state index in [9.17, 15) is 0 Å². The molecule has 1 aliphatic heterocycles. The van der Waals surface area contributed by atoms with Crippen molar-refractivity contribution in [3.63, 3.8) is 0 Å². The van der Waals surface area contributed by atoms with Crippen LogP contribution in [0.5, 0.6) is 0 Å². The maximum atomic E-state index is 5.36. The monoisotopic (exact) mass is 276 g/mol. The third-order valence-corrected chi connectivity index (χ3v) is 3.06. The van der Waals surface area contributed by atoms with Crippen molar-refractivity contribution in [3.05, 3.63) is 66.2 Å². The Morgan fingerprint density at radius 1 is 0.895 bits per heavy atom. The minimum atomic E-state index is 0. The van der Waals surface area contributed by atoms with Gasteiger partial charge < -0.3 is 11.1 Å². The third-order valence-electron chi connectivity index (χ3n) is 3.06. The molecule has 19 heavy (non-hydrogen) atoms. The zero-order valence-corrected chi connectivity index (χ0v) is 11.8. The summed E-state index contributed by atoms with van der Waals surface area (Å²) in [6.07, 6.45) is 2.61. The number of rotatable bonds is 1. The number of halogens is 1. The molecule has 0 amide bonds. The molecule has 0 bridgehead atoms. The number of anilines is 1. The first-order valence-corrected chi connectivity index (χ1v) is 6.45. The molecule has 2 aromatic carbocycles. The fourth-order valence-electron chi connectivity index (χ4n) is 2.11. The van der Waals surface area contributed by atoms with Crippen LogP contribution in [-0.4, -0.2) is 6.54 Å². The highest BCUT2D eigenvalue weighted by Gasteiger charge is 2.14. The zero-order valence-electron chi connectivity index (χ0n) is 11.0. The maximum Gasteiger partial charge on any atom is 0.0320 e. The quantitative estimate of drug-likeness (QED) is 0.778. The Labute approximate surface area is 121 Å². The summed E-state index contributed by atoms with van der Waals surface area (Å²) in [4.78, 5) is 0. The van der Waals surface area contributed by atoms with Gasteiger partial charge in [-0.3, -0.25) is 0 Å². The molecule has 1 fully saturated rings. The normalized spacial score (nSPS) is 16.9. The lowest BCUT2D eigenvalue weighted by Crippen LogP contribution is -2.12. The molecule has 1 unspecified atom stereocenters. The summed E-state index contributed by atoms with van der Waals surface area (Å²) in [6.45, 7) is 1.18. The number of nitrogens with one attached hydrogen (secondary N) is 1. The fraction of sp³-hybridized carbons (Fsp3) is 0.250. The number of hydrogen-bond acceptors (Lipinski definition) is 2. The van der Waals surface area contributed by atoms with Crippen molar-refractivity contribution in [1.82, 2.24) is 5.32 Å². The van der Waals surface area contributed by atoms with E-state index in [4.69, 9.17) is 5.73 Å². The van der Waals surface area contributed by atoms with Crippen LogP contribution in [0.2, 0.25) is 0 Å². The Hall–Kier alpha value is -1.51. The molecule has 2 aromatic rings. The van der Waals surface area contributed by atoms with Crippen LogP contribution in [0, 0.1) is 0 Å². The van der Waals surface area contributed by atoms with Crippen molar-refractivity contribution >= 4 is 18.1 Å². The topological polar surface area (TPSA) is 38.0 Å². The minimum Gasteiger partial charge on any atom is -0.399 e. The summed E-state index contributed by atoms with van der Waals surface area (Å²) in [5.74, 6) is 0. The van der Waals surface area contributed by atoms with Crippen LogP contribution in [0.1, 0.15) is 24.4 Å². The van der Waals surface area contributed by atoms with Crippen LogP contribution in [0.25, 0.3) is 0 Å². The minimum absolute atomic E-state index is 0. The summed E-state index contributed by atoms with van der Waals surface area (Å²) < 4.78 is 0. The average Bonchev–Trinajstić information content (AvgIpc) is 2.95. The van der Waals surface area contributed by atoms with Crippen molar-refractivity contribution in [2.75, 3.05) is 12.3 Å². The molecule has 2 nitrogen and oxygen atoms in total. The number of nitrogen functional groups attached to an aromatic ring is 1. The van der Waals surface area contributed by atoms with Crippen LogP contribution >= 0.6 is 12.4 Å². The molecule has 0 spiro atoms. The van der Waals surface area contributed by atoms with Crippen LogP contribution < -0.4 is 11.1 Å². The molecule has 1 heterocycles. The molecule has 0 radical (unpaired) electrons. The number of hydrogen-bond donors (Lipinski definition) is 2. The molecule has 0 aliphatic carbocycles. The van der Waals surface area contributed by atoms with Crippen LogP contribution in [0.15, 0.2) is 60.7 Å².